The Hall–Kier alpha value is -2.78. The SMILES string of the molecule is COc1cc(C(=O)NC2CC(F)(F)C2)n2nc(C)c(C(N)=O)c2n1. The number of aromatic nitrogens is 3. The van der Waals surface area contributed by atoms with Crippen molar-refractivity contribution in [2.24, 2.45) is 5.73 Å². The monoisotopic (exact) mass is 339 g/mol. The van der Waals surface area contributed by atoms with Crippen LogP contribution in [-0.4, -0.2) is 45.5 Å². The third-order valence-electron chi connectivity index (χ3n) is 3.85. The number of hydrogen-bond donors (Lipinski definition) is 2. The number of hydrogen-bond acceptors (Lipinski definition) is 5. The molecular formula is C14H15F2N5O3. The van der Waals surface area contributed by atoms with E-state index in [1.54, 1.807) is 6.92 Å². The molecule has 0 saturated heterocycles. The van der Waals surface area contributed by atoms with Crippen LogP contribution in [0.4, 0.5) is 8.78 Å². The lowest BCUT2D eigenvalue weighted by molar-refractivity contribution is -0.0901. The second kappa shape index (κ2) is 5.39. The number of aryl methyl sites for hydroxylation is 1. The zero-order valence-corrected chi connectivity index (χ0v) is 13.0. The predicted molar refractivity (Wildman–Crippen MR) is 78.2 cm³/mol. The van der Waals surface area contributed by atoms with Crippen molar-refractivity contribution in [3.8, 4) is 5.88 Å². The minimum Gasteiger partial charge on any atom is -0.481 e. The van der Waals surface area contributed by atoms with Crippen LogP contribution in [0.15, 0.2) is 6.07 Å². The molecule has 3 rings (SSSR count). The zero-order valence-electron chi connectivity index (χ0n) is 13.0. The molecule has 0 spiro atoms. The number of fused-ring (bicyclic) bond motifs is 1. The van der Waals surface area contributed by atoms with Gasteiger partial charge in [0.15, 0.2) is 5.65 Å². The molecule has 2 amide bonds. The number of alkyl halides is 2. The summed E-state index contributed by atoms with van der Waals surface area (Å²) < 4.78 is 32.0. The van der Waals surface area contributed by atoms with Gasteiger partial charge >= 0.3 is 0 Å². The van der Waals surface area contributed by atoms with Crippen molar-refractivity contribution in [3.63, 3.8) is 0 Å². The van der Waals surface area contributed by atoms with E-state index in [4.69, 9.17) is 10.5 Å². The molecule has 10 heteroatoms. The summed E-state index contributed by atoms with van der Waals surface area (Å²) in [6.07, 6.45) is -0.816. The Bertz CT molecular complexity index is 841. The number of carbonyl (C=O) groups excluding carboxylic acids is 2. The van der Waals surface area contributed by atoms with E-state index in [1.807, 2.05) is 0 Å². The van der Waals surface area contributed by atoms with Crippen LogP contribution in [0.5, 0.6) is 5.88 Å². The van der Waals surface area contributed by atoms with Gasteiger partial charge in [-0.3, -0.25) is 9.59 Å². The molecular weight excluding hydrogens is 324 g/mol. The summed E-state index contributed by atoms with van der Waals surface area (Å²) >= 11 is 0. The van der Waals surface area contributed by atoms with Gasteiger partial charge in [-0.1, -0.05) is 0 Å². The molecule has 2 aromatic rings. The Morgan fingerprint density at radius 3 is 2.67 bits per heavy atom. The molecule has 1 fully saturated rings. The summed E-state index contributed by atoms with van der Waals surface area (Å²) in [6.45, 7) is 1.55. The summed E-state index contributed by atoms with van der Waals surface area (Å²) in [4.78, 5) is 28.1. The maximum atomic E-state index is 12.9. The van der Waals surface area contributed by atoms with Crippen LogP contribution in [0.3, 0.4) is 0 Å². The fraction of sp³-hybridized carbons (Fsp3) is 0.429. The number of ether oxygens (including phenoxy) is 1. The normalized spacial score (nSPS) is 16.7. The summed E-state index contributed by atoms with van der Waals surface area (Å²) in [7, 11) is 1.35. The Morgan fingerprint density at radius 1 is 1.46 bits per heavy atom. The summed E-state index contributed by atoms with van der Waals surface area (Å²) in [5.41, 5.74) is 5.78. The Labute approximate surface area is 135 Å². The van der Waals surface area contributed by atoms with Gasteiger partial charge in [0.05, 0.1) is 12.8 Å². The van der Waals surface area contributed by atoms with Gasteiger partial charge in [-0.2, -0.15) is 10.1 Å². The zero-order chi connectivity index (χ0) is 17.6. The number of halogens is 2. The summed E-state index contributed by atoms with van der Waals surface area (Å²) in [5, 5.41) is 6.61. The minimum absolute atomic E-state index is 0.0164. The molecule has 1 aliphatic rings. The molecule has 128 valence electrons. The van der Waals surface area contributed by atoms with E-state index in [2.05, 4.69) is 15.4 Å². The smallest absolute Gasteiger partial charge is 0.270 e. The van der Waals surface area contributed by atoms with E-state index in [0.717, 1.165) is 4.52 Å². The molecule has 0 aliphatic heterocycles. The van der Waals surface area contributed by atoms with E-state index in [-0.39, 0.29) is 22.8 Å². The molecule has 0 atom stereocenters. The molecule has 2 aromatic heterocycles. The largest absolute Gasteiger partial charge is 0.481 e. The lowest BCUT2D eigenvalue weighted by atomic mass is 9.88. The summed E-state index contributed by atoms with van der Waals surface area (Å²) in [5.74, 6) is -4.02. The quantitative estimate of drug-likeness (QED) is 0.850. The third kappa shape index (κ3) is 2.63. The fourth-order valence-electron chi connectivity index (χ4n) is 2.68. The average molecular weight is 339 g/mol. The maximum Gasteiger partial charge on any atom is 0.270 e. The first-order chi connectivity index (χ1) is 11.2. The topological polar surface area (TPSA) is 112 Å². The van der Waals surface area contributed by atoms with Crippen molar-refractivity contribution >= 4 is 17.5 Å². The number of amides is 2. The highest BCUT2D eigenvalue weighted by atomic mass is 19.3. The highest BCUT2D eigenvalue weighted by molar-refractivity contribution is 6.01. The lowest BCUT2D eigenvalue weighted by Crippen LogP contribution is -2.50. The van der Waals surface area contributed by atoms with Crippen LogP contribution in [0.25, 0.3) is 5.65 Å². The second-order valence-electron chi connectivity index (χ2n) is 5.68. The molecule has 3 N–H and O–H groups in total. The molecule has 1 saturated carbocycles. The third-order valence-corrected chi connectivity index (χ3v) is 3.85. The Morgan fingerprint density at radius 2 is 2.12 bits per heavy atom. The minimum atomic E-state index is -2.75. The van der Waals surface area contributed by atoms with Crippen molar-refractivity contribution in [1.29, 1.82) is 0 Å². The van der Waals surface area contributed by atoms with Gasteiger partial charge in [0, 0.05) is 24.9 Å². The fourth-order valence-corrected chi connectivity index (χ4v) is 2.68. The highest BCUT2D eigenvalue weighted by Gasteiger charge is 2.46. The first-order valence-electron chi connectivity index (χ1n) is 7.14. The van der Waals surface area contributed by atoms with E-state index in [1.165, 1.54) is 13.2 Å². The Kier molecular flexibility index (Phi) is 3.61. The van der Waals surface area contributed by atoms with E-state index < -0.39 is 36.6 Å². The van der Waals surface area contributed by atoms with Gasteiger partial charge in [0.2, 0.25) is 5.88 Å². The molecule has 2 heterocycles. The van der Waals surface area contributed by atoms with Crippen molar-refractivity contribution in [3.05, 3.63) is 23.0 Å². The molecule has 1 aliphatic carbocycles. The molecule has 0 unspecified atom stereocenters. The first kappa shape index (κ1) is 16.1. The number of carbonyl (C=O) groups is 2. The number of nitrogens with two attached hydrogens (primary N) is 1. The Balaban J connectivity index is 2.02. The van der Waals surface area contributed by atoms with Gasteiger partial charge in [-0.05, 0) is 6.92 Å². The van der Waals surface area contributed by atoms with Gasteiger partial charge < -0.3 is 15.8 Å². The number of methoxy groups -OCH3 is 1. The van der Waals surface area contributed by atoms with Crippen LogP contribution >= 0.6 is 0 Å². The van der Waals surface area contributed by atoms with Crippen LogP contribution in [0.2, 0.25) is 0 Å². The predicted octanol–water partition coefficient (Wildman–Crippen LogP) is 0.673. The van der Waals surface area contributed by atoms with Gasteiger partial charge in [-0.25, -0.2) is 13.3 Å². The van der Waals surface area contributed by atoms with Gasteiger partial charge in [0.1, 0.15) is 11.3 Å². The second-order valence-corrected chi connectivity index (χ2v) is 5.68. The van der Waals surface area contributed by atoms with E-state index >= 15 is 0 Å². The van der Waals surface area contributed by atoms with Crippen LogP contribution in [0.1, 0.15) is 39.4 Å². The number of primary amides is 1. The molecule has 0 aromatic carbocycles. The van der Waals surface area contributed by atoms with Gasteiger partial charge in [0.25, 0.3) is 17.7 Å². The molecule has 8 nitrogen and oxygen atoms in total. The standard InChI is InChI=1S/C14H15F2N5O3/c1-6-10(11(17)22)12-19-9(24-2)3-8(21(12)20-6)13(23)18-7-4-14(15,16)5-7/h3,7H,4-5H2,1-2H3,(H2,17,22)(H,18,23). The van der Waals surface area contributed by atoms with Gasteiger partial charge in [-0.15, -0.1) is 0 Å². The number of rotatable bonds is 4. The van der Waals surface area contributed by atoms with E-state index in [0.29, 0.717) is 5.69 Å². The van der Waals surface area contributed by atoms with Crippen molar-refractivity contribution in [2.75, 3.05) is 7.11 Å². The molecule has 0 bridgehead atoms. The van der Waals surface area contributed by atoms with Crippen LogP contribution < -0.4 is 15.8 Å². The molecule has 0 radical (unpaired) electrons. The van der Waals surface area contributed by atoms with Crippen LogP contribution in [-0.2, 0) is 0 Å². The van der Waals surface area contributed by atoms with Crippen molar-refractivity contribution < 1.29 is 23.1 Å². The molecule has 24 heavy (non-hydrogen) atoms. The van der Waals surface area contributed by atoms with Crippen LogP contribution in [0, 0.1) is 6.92 Å². The maximum absolute atomic E-state index is 12.9. The van der Waals surface area contributed by atoms with Crippen molar-refractivity contribution in [1.82, 2.24) is 19.9 Å². The summed E-state index contributed by atoms with van der Waals surface area (Å²) in [6, 6.07) is 0.699. The highest BCUT2D eigenvalue weighted by Crippen LogP contribution is 2.37. The lowest BCUT2D eigenvalue weighted by Gasteiger charge is -2.35. The van der Waals surface area contributed by atoms with E-state index in [9.17, 15) is 18.4 Å². The number of nitrogens with one attached hydrogen (secondary N) is 1. The average Bonchev–Trinajstić information content (AvgIpc) is 2.79. The number of nitrogens with zero attached hydrogens (tertiary/aromatic N) is 3. The van der Waals surface area contributed by atoms with Crippen molar-refractivity contribution in [2.45, 2.75) is 31.7 Å². The first-order valence-corrected chi connectivity index (χ1v) is 7.14.